The maximum absolute atomic E-state index is 11.0. The first-order chi connectivity index (χ1) is 9.52. The summed E-state index contributed by atoms with van der Waals surface area (Å²) >= 11 is 1.04. The van der Waals surface area contributed by atoms with Crippen molar-refractivity contribution in [1.82, 2.24) is 9.97 Å². The first-order valence-corrected chi connectivity index (χ1v) is 6.50. The molecule has 0 saturated heterocycles. The van der Waals surface area contributed by atoms with E-state index in [2.05, 4.69) is 16.0 Å². The molecule has 0 spiro atoms. The quantitative estimate of drug-likeness (QED) is 0.636. The van der Waals surface area contributed by atoms with Crippen molar-refractivity contribution >= 4 is 17.4 Å². The Morgan fingerprint density at radius 1 is 1.40 bits per heavy atom. The van der Waals surface area contributed by atoms with E-state index in [9.17, 15) is 15.4 Å². The van der Waals surface area contributed by atoms with Crippen LogP contribution in [0.25, 0.3) is 0 Å². The van der Waals surface area contributed by atoms with Crippen LogP contribution in [0.1, 0.15) is 16.8 Å². The molecule has 6 nitrogen and oxygen atoms in total. The van der Waals surface area contributed by atoms with Gasteiger partial charge in [-0.3, -0.25) is 10.1 Å². The second-order valence-corrected chi connectivity index (χ2v) is 5.04. The fourth-order valence-electron chi connectivity index (χ4n) is 1.70. The molecule has 20 heavy (non-hydrogen) atoms. The topological polar surface area (TPSA) is 92.7 Å². The average molecular weight is 286 g/mol. The summed E-state index contributed by atoms with van der Waals surface area (Å²) in [6, 6.07) is 6.76. The molecule has 2 aromatic rings. The molecule has 0 saturated carbocycles. The molecule has 0 amide bonds. The number of hydrogen-bond acceptors (Lipinski definition) is 6. The summed E-state index contributed by atoms with van der Waals surface area (Å²) in [5.74, 6) is 0. The Morgan fingerprint density at radius 3 is 2.80 bits per heavy atom. The van der Waals surface area contributed by atoms with Crippen molar-refractivity contribution in [3.8, 4) is 6.07 Å². The van der Waals surface area contributed by atoms with E-state index in [-0.39, 0.29) is 10.7 Å². The van der Waals surface area contributed by atoms with Crippen LogP contribution in [0.2, 0.25) is 0 Å². The third-order valence-corrected chi connectivity index (χ3v) is 3.56. The molecule has 0 aliphatic rings. The van der Waals surface area contributed by atoms with Crippen molar-refractivity contribution in [2.75, 3.05) is 0 Å². The van der Waals surface area contributed by atoms with Gasteiger partial charge in [0, 0.05) is 18.0 Å². The van der Waals surface area contributed by atoms with Crippen LogP contribution in [-0.4, -0.2) is 14.9 Å². The van der Waals surface area contributed by atoms with E-state index >= 15 is 0 Å². The molecule has 2 rings (SSSR count). The molecule has 2 heterocycles. The number of rotatable bonds is 3. The minimum atomic E-state index is -0.496. The summed E-state index contributed by atoms with van der Waals surface area (Å²) in [6.07, 6.45) is 1.48. The van der Waals surface area contributed by atoms with Crippen LogP contribution < -0.4 is 0 Å². The highest BCUT2D eigenvalue weighted by Crippen LogP contribution is 2.34. The molecule has 0 radical (unpaired) electrons. The monoisotopic (exact) mass is 286 g/mol. The summed E-state index contributed by atoms with van der Waals surface area (Å²) in [5.41, 5.74) is 1.87. The van der Waals surface area contributed by atoms with Gasteiger partial charge in [0.2, 0.25) is 0 Å². The summed E-state index contributed by atoms with van der Waals surface area (Å²) in [5, 5.41) is 20.8. The lowest BCUT2D eigenvalue weighted by Crippen LogP contribution is -1.97. The van der Waals surface area contributed by atoms with Gasteiger partial charge in [0.25, 0.3) is 0 Å². The second kappa shape index (κ2) is 5.67. The van der Waals surface area contributed by atoms with Gasteiger partial charge in [0.1, 0.15) is 11.1 Å². The Bertz CT molecular complexity index is 725. The summed E-state index contributed by atoms with van der Waals surface area (Å²) in [4.78, 5) is 18.8. The zero-order valence-corrected chi connectivity index (χ0v) is 11.6. The molecule has 0 aromatic carbocycles. The van der Waals surface area contributed by atoms with E-state index in [1.807, 2.05) is 13.8 Å². The highest BCUT2D eigenvalue weighted by Gasteiger charge is 2.18. The van der Waals surface area contributed by atoms with E-state index in [0.29, 0.717) is 10.6 Å². The number of nitrogens with zero attached hydrogens (tertiary/aromatic N) is 4. The fourth-order valence-corrected chi connectivity index (χ4v) is 2.75. The van der Waals surface area contributed by atoms with Gasteiger partial charge in [-0.2, -0.15) is 5.26 Å². The van der Waals surface area contributed by atoms with Gasteiger partial charge >= 0.3 is 5.69 Å². The van der Waals surface area contributed by atoms with Crippen molar-refractivity contribution in [2.24, 2.45) is 0 Å². The highest BCUT2D eigenvalue weighted by atomic mass is 32.2. The van der Waals surface area contributed by atoms with Crippen LogP contribution in [0.3, 0.4) is 0 Å². The van der Waals surface area contributed by atoms with Crippen molar-refractivity contribution in [1.29, 1.82) is 5.26 Å². The Morgan fingerprint density at radius 2 is 2.15 bits per heavy atom. The Balaban J connectivity index is 2.51. The molecular weight excluding hydrogens is 276 g/mol. The van der Waals surface area contributed by atoms with Crippen LogP contribution in [0.15, 0.2) is 34.4 Å². The molecule has 0 bridgehead atoms. The van der Waals surface area contributed by atoms with E-state index in [0.717, 1.165) is 23.0 Å². The van der Waals surface area contributed by atoms with Crippen LogP contribution in [0.5, 0.6) is 0 Å². The molecule has 0 aliphatic carbocycles. The van der Waals surface area contributed by atoms with Gasteiger partial charge in [0.05, 0.1) is 10.5 Å². The van der Waals surface area contributed by atoms with Crippen LogP contribution in [0, 0.1) is 35.3 Å². The first kappa shape index (κ1) is 14.0. The lowest BCUT2D eigenvalue weighted by atomic mass is 10.1. The van der Waals surface area contributed by atoms with Gasteiger partial charge in [-0.15, -0.1) is 0 Å². The number of aromatic nitrogens is 2. The van der Waals surface area contributed by atoms with Crippen LogP contribution in [-0.2, 0) is 0 Å². The maximum atomic E-state index is 11.0. The lowest BCUT2D eigenvalue weighted by molar-refractivity contribution is -0.388. The van der Waals surface area contributed by atoms with Gasteiger partial charge in [-0.05, 0) is 43.3 Å². The second-order valence-electron chi connectivity index (χ2n) is 4.06. The summed E-state index contributed by atoms with van der Waals surface area (Å²) in [6.45, 7) is 3.62. The van der Waals surface area contributed by atoms with E-state index < -0.39 is 4.92 Å². The maximum Gasteiger partial charge on any atom is 0.301 e. The van der Waals surface area contributed by atoms with Crippen molar-refractivity contribution in [3.63, 3.8) is 0 Å². The highest BCUT2D eigenvalue weighted by molar-refractivity contribution is 7.99. The minimum Gasteiger partial charge on any atom is -0.258 e. The Kier molecular flexibility index (Phi) is 3.96. The van der Waals surface area contributed by atoms with Gasteiger partial charge < -0.3 is 0 Å². The summed E-state index contributed by atoms with van der Waals surface area (Å²) in [7, 11) is 0. The van der Waals surface area contributed by atoms with Gasteiger partial charge in [0.15, 0.2) is 5.03 Å². The zero-order chi connectivity index (χ0) is 14.7. The molecule has 0 atom stereocenters. The predicted octanol–water partition coefficient (Wildman–Crippen LogP) is 3.02. The molecule has 2 aromatic heterocycles. The average Bonchev–Trinajstić information content (AvgIpc) is 2.38. The SMILES string of the molecule is Cc1cc(C)c(C#N)c(Sc2ncccc2[N+](=O)[O-])n1. The number of nitriles is 1. The molecule has 100 valence electrons. The zero-order valence-electron chi connectivity index (χ0n) is 10.8. The fraction of sp³-hybridized carbons (Fsp3) is 0.154. The number of aryl methyl sites for hydroxylation is 2. The van der Waals surface area contributed by atoms with E-state index in [1.165, 1.54) is 18.3 Å². The van der Waals surface area contributed by atoms with Crippen LogP contribution in [0.4, 0.5) is 5.69 Å². The Labute approximate surface area is 119 Å². The summed E-state index contributed by atoms with van der Waals surface area (Å²) < 4.78 is 0. The molecule has 7 heteroatoms. The van der Waals surface area contributed by atoms with E-state index in [4.69, 9.17) is 0 Å². The van der Waals surface area contributed by atoms with E-state index in [1.54, 1.807) is 6.07 Å². The molecule has 0 N–H and O–H groups in total. The third kappa shape index (κ3) is 2.75. The third-order valence-electron chi connectivity index (χ3n) is 2.56. The molecule has 0 aliphatic heterocycles. The van der Waals surface area contributed by atoms with Gasteiger partial charge in [-0.25, -0.2) is 9.97 Å². The largest absolute Gasteiger partial charge is 0.301 e. The lowest BCUT2D eigenvalue weighted by Gasteiger charge is -2.06. The smallest absolute Gasteiger partial charge is 0.258 e. The predicted molar refractivity (Wildman–Crippen MR) is 73.4 cm³/mol. The standard InChI is InChI=1S/C13H10N4O2S/c1-8-6-9(2)16-12(10(8)7-14)20-13-11(17(18)19)4-3-5-15-13/h3-6H,1-2H3. The molecule has 0 fully saturated rings. The molecular formula is C13H10N4O2S. The normalized spacial score (nSPS) is 10.1. The number of nitro groups is 1. The number of pyridine rings is 2. The minimum absolute atomic E-state index is 0.0950. The van der Waals surface area contributed by atoms with Crippen molar-refractivity contribution in [3.05, 3.63) is 51.3 Å². The van der Waals surface area contributed by atoms with Crippen LogP contribution >= 0.6 is 11.8 Å². The van der Waals surface area contributed by atoms with Gasteiger partial charge in [-0.1, -0.05) is 0 Å². The number of hydrogen-bond donors (Lipinski definition) is 0. The van der Waals surface area contributed by atoms with Crippen molar-refractivity contribution < 1.29 is 4.92 Å². The van der Waals surface area contributed by atoms with Crippen molar-refractivity contribution in [2.45, 2.75) is 23.9 Å². The molecule has 0 unspecified atom stereocenters. The first-order valence-electron chi connectivity index (χ1n) is 5.68. The Hall–Kier alpha value is -2.46.